The maximum absolute atomic E-state index is 6.04. The van der Waals surface area contributed by atoms with E-state index in [0.29, 0.717) is 27.0 Å². The second-order valence-corrected chi connectivity index (χ2v) is 4.27. The van der Waals surface area contributed by atoms with Crippen molar-refractivity contribution >= 4 is 34.2 Å². The minimum absolute atomic E-state index is 0.359. The third kappa shape index (κ3) is 1.85. The van der Waals surface area contributed by atoms with E-state index in [4.69, 9.17) is 23.2 Å². The maximum atomic E-state index is 6.04. The Labute approximate surface area is 107 Å². The van der Waals surface area contributed by atoms with Gasteiger partial charge in [0, 0.05) is 10.6 Å². The van der Waals surface area contributed by atoms with E-state index in [1.54, 1.807) is 18.3 Å². The normalized spacial score (nSPS) is 10.9. The number of nitrogens with one attached hydrogen (secondary N) is 1. The van der Waals surface area contributed by atoms with Crippen molar-refractivity contribution < 1.29 is 0 Å². The highest BCUT2D eigenvalue weighted by Crippen LogP contribution is 2.23. The van der Waals surface area contributed by atoms with E-state index in [0.717, 1.165) is 5.56 Å². The number of hydrogen-bond donors (Lipinski definition) is 1. The molecule has 4 nitrogen and oxygen atoms in total. The predicted molar refractivity (Wildman–Crippen MR) is 67.1 cm³/mol. The number of aromatic nitrogens is 4. The van der Waals surface area contributed by atoms with E-state index in [-0.39, 0.29) is 0 Å². The zero-order valence-electron chi connectivity index (χ0n) is 8.48. The monoisotopic (exact) mass is 264 g/mol. The molecular weight excluding hydrogens is 259 g/mol. The molecule has 0 amide bonds. The molecule has 0 radical (unpaired) electrons. The number of nitrogens with zero attached hydrogens (tertiary/aromatic N) is 3. The molecule has 84 valence electrons. The van der Waals surface area contributed by atoms with Crippen molar-refractivity contribution in [1.82, 2.24) is 20.2 Å². The number of aromatic amines is 1. The van der Waals surface area contributed by atoms with Crippen molar-refractivity contribution in [2.24, 2.45) is 0 Å². The molecule has 0 atom stereocenters. The summed E-state index contributed by atoms with van der Waals surface area (Å²) < 4.78 is 0. The van der Waals surface area contributed by atoms with Crippen LogP contribution >= 0.6 is 23.2 Å². The van der Waals surface area contributed by atoms with Gasteiger partial charge in [0.1, 0.15) is 11.0 Å². The molecule has 0 saturated carbocycles. The van der Waals surface area contributed by atoms with Crippen LogP contribution in [0.4, 0.5) is 0 Å². The summed E-state index contributed by atoms with van der Waals surface area (Å²) in [6.07, 6.45) is 1.61. The van der Waals surface area contributed by atoms with Crippen LogP contribution in [0.25, 0.3) is 22.4 Å². The average Bonchev–Trinajstić information content (AvgIpc) is 2.78. The van der Waals surface area contributed by atoms with Crippen molar-refractivity contribution in [3.8, 4) is 11.4 Å². The van der Waals surface area contributed by atoms with Crippen LogP contribution in [0.15, 0.2) is 30.5 Å². The van der Waals surface area contributed by atoms with Gasteiger partial charge in [-0.3, -0.25) is 5.10 Å². The number of fused-ring (bicyclic) bond motifs is 1. The summed E-state index contributed by atoms with van der Waals surface area (Å²) in [4.78, 5) is 8.58. The fourth-order valence-electron chi connectivity index (χ4n) is 1.53. The third-order valence-corrected chi connectivity index (χ3v) is 2.88. The molecule has 0 aliphatic heterocycles. The summed E-state index contributed by atoms with van der Waals surface area (Å²) in [7, 11) is 0. The molecule has 2 aromatic heterocycles. The summed E-state index contributed by atoms with van der Waals surface area (Å²) in [5.41, 5.74) is 2.19. The van der Waals surface area contributed by atoms with Gasteiger partial charge in [-0.1, -0.05) is 23.2 Å². The molecule has 0 spiro atoms. The Bertz CT molecular complexity index is 676. The fraction of sp³-hybridized carbons (Fsp3) is 0. The van der Waals surface area contributed by atoms with Gasteiger partial charge < -0.3 is 0 Å². The van der Waals surface area contributed by atoms with Crippen LogP contribution in [0.1, 0.15) is 0 Å². The Hall–Kier alpha value is -1.65. The van der Waals surface area contributed by atoms with Crippen LogP contribution in [0.2, 0.25) is 10.2 Å². The zero-order valence-corrected chi connectivity index (χ0v) is 10.00. The lowest BCUT2D eigenvalue weighted by atomic mass is 10.2. The molecule has 0 bridgehead atoms. The number of H-pyrrole nitrogens is 1. The van der Waals surface area contributed by atoms with Crippen molar-refractivity contribution in [3.05, 3.63) is 40.6 Å². The topological polar surface area (TPSA) is 54.5 Å². The summed E-state index contributed by atoms with van der Waals surface area (Å²) in [6.45, 7) is 0. The van der Waals surface area contributed by atoms with Crippen LogP contribution in [0, 0.1) is 0 Å². The van der Waals surface area contributed by atoms with Crippen molar-refractivity contribution in [2.75, 3.05) is 0 Å². The van der Waals surface area contributed by atoms with E-state index in [1.165, 1.54) is 0 Å². The highest BCUT2D eigenvalue weighted by molar-refractivity contribution is 6.33. The third-order valence-electron chi connectivity index (χ3n) is 2.36. The largest absolute Gasteiger partial charge is 0.273 e. The lowest BCUT2D eigenvalue weighted by Crippen LogP contribution is -1.90. The Balaban J connectivity index is 2.20. The van der Waals surface area contributed by atoms with Gasteiger partial charge in [0.15, 0.2) is 11.0 Å². The van der Waals surface area contributed by atoms with E-state index in [1.807, 2.05) is 12.1 Å². The molecule has 2 heterocycles. The van der Waals surface area contributed by atoms with Gasteiger partial charge in [0.2, 0.25) is 0 Å². The zero-order chi connectivity index (χ0) is 11.8. The first-order valence-corrected chi connectivity index (χ1v) is 5.62. The smallest absolute Gasteiger partial charge is 0.161 e. The van der Waals surface area contributed by atoms with Gasteiger partial charge in [0.05, 0.1) is 6.20 Å². The number of rotatable bonds is 1. The summed E-state index contributed by atoms with van der Waals surface area (Å²) in [6, 6.07) is 7.27. The summed E-state index contributed by atoms with van der Waals surface area (Å²) in [5.74, 6) is 0.556. The maximum Gasteiger partial charge on any atom is 0.161 e. The fourth-order valence-corrected chi connectivity index (χ4v) is 1.88. The number of benzene rings is 1. The van der Waals surface area contributed by atoms with Gasteiger partial charge in [-0.2, -0.15) is 5.10 Å². The van der Waals surface area contributed by atoms with Gasteiger partial charge in [-0.15, -0.1) is 0 Å². The van der Waals surface area contributed by atoms with Crippen LogP contribution in [0.5, 0.6) is 0 Å². The molecule has 3 aromatic rings. The number of hydrogen-bond acceptors (Lipinski definition) is 3. The average molecular weight is 265 g/mol. The molecule has 0 aliphatic rings. The molecule has 0 unspecified atom stereocenters. The highest BCUT2D eigenvalue weighted by Gasteiger charge is 2.08. The Kier molecular flexibility index (Phi) is 2.46. The Morgan fingerprint density at radius 2 is 1.76 bits per heavy atom. The molecule has 6 heteroatoms. The van der Waals surface area contributed by atoms with Gasteiger partial charge >= 0.3 is 0 Å². The molecule has 3 rings (SSSR count). The van der Waals surface area contributed by atoms with E-state index >= 15 is 0 Å². The minimum Gasteiger partial charge on any atom is -0.273 e. The second-order valence-electron chi connectivity index (χ2n) is 3.48. The van der Waals surface area contributed by atoms with Crippen LogP contribution in [-0.4, -0.2) is 20.2 Å². The van der Waals surface area contributed by atoms with Crippen LogP contribution in [-0.2, 0) is 0 Å². The standard InChI is InChI=1S/C11H6Cl2N4/c12-7-3-1-6(2-4-7)11-15-8-5-14-17-9(8)10(13)16-11/h1-5H,(H,14,17). The minimum atomic E-state index is 0.359. The first-order valence-electron chi connectivity index (χ1n) is 4.86. The van der Waals surface area contributed by atoms with Gasteiger partial charge in [-0.05, 0) is 24.3 Å². The first kappa shape index (κ1) is 10.5. The lowest BCUT2D eigenvalue weighted by Gasteiger charge is -2.01. The molecule has 0 saturated heterocycles. The second kappa shape index (κ2) is 3.98. The quantitative estimate of drug-likeness (QED) is 0.686. The summed E-state index contributed by atoms with van der Waals surface area (Å²) in [5, 5.41) is 7.65. The Morgan fingerprint density at radius 3 is 2.53 bits per heavy atom. The molecule has 17 heavy (non-hydrogen) atoms. The number of halogens is 2. The SMILES string of the molecule is Clc1ccc(-c2nc(Cl)c3[nH]ncc3n2)cc1. The van der Waals surface area contributed by atoms with Crippen molar-refractivity contribution in [1.29, 1.82) is 0 Å². The van der Waals surface area contributed by atoms with Gasteiger partial charge in [-0.25, -0.2) is 9.97 Å². The van der Waals surface area contributed by atoms with Gasteiger partial charge in [0.25, 0.3) is 0 Å². The predicted octanol–water partition coefficient (Wildman–Crippen LogP) is 3.33. The van der Waals surface area contributed by atoms with E-state index in [9.17, 15) is 0 Å². The Morgan fingerprint density at radius 1 is 1.00 bits per heavy atom. The van der Waals surface area contributed by atoms with Crippen molar-refractivity contribution in [2.45, 2.75) is 0 Å². The first-order chi connectivity index (χ1) is 8.24. The highest BCUT2D eigenvalue weighted by atomic mass is 35.5. The van der Waals surface area contributed by atoms with Crippen molar-refractivity contribution in [3.63, 3.8) is 0 Å². The summed E-state index contributed by atoms with van der Waals surface area (Å²) >= 11 is 11.9. The molecule has 0 fully saturated rings. The van der Waals surface area contributed by atoms with E-state index in [2.05, 4.69) is 20.2 Å². The molecule has 0 aliphatic carbocycles. The molecule has 1 aromatic carbocycles. The van der Waals surface area contributed by atoms with Crippen LogP contribution < -0.4 is 0 Å². The lowest BCUT2D eigenvalue weighted by molar-refractivity contribution is 1.11. The van der Waals surface area contributed by atoms with E-state index < -0.39 is 0 Å². The molecule has 1 N–H and O–H groups in total. The molecular formula is C11H6Cl2N4. The van der Waals surface area contributed by atoms with Crippen LogP contribution in [0.3, 0.4) is 0 Å².